The molecule has 0 aliphatic rings. The van der Waals surface area contributed by atoms with Gasteiger partial charge in [-0.3, -0.25) is 14.9 Å². The molecule has 0 unspecified atom stereocenters. The van der Waals surface area contributed by atoms with E-state index in [-0.39, 0.29) is 23.6 Å². The fourth-order valence-electron chi connectivity index (χ4n) is 3.75. The second kappa shape index (κ2) is 13.6. The molecule has 0 amide bonds. The van der Waals surface area contributed by atoms with Crippen molar-refractivity contribution in [2.24, 2.45) is 0 Å². The van der Waals surface area contributed by atoms with Crippen molar-refractivity contribution in [3.05, 3.63) is 62.0 Å². The highest BCUT2D eigenvalue weighted by Crippen LogP contribution is 2.35. The Labute approximate surface area is 202 Å². The first-order chi connectivity index (χ1) is 16.3. The minimum absolute atomic E-state index is 0.0664. The zero-order valence-corrected chi connectivity index (χ0v) is 21.2. The Morgan fingerprint density at radius 1 is 1.06 bits per heavy atom. The molecule has 7 nitrogen and oxygen atoms in total. The maximum absolute atomic E-state index is 13.3. The molecular formula is C27H38N2O5. The predicted molar refractivity (Wildman–Crippen MR) is 138 cm³/mol. The van der Waals surface area contributed by atoms with Crippen LogP contribution in [0.4, 0.5) is 5.69 Å². The normalized spacial score (nSPS) is 11.5. The van der Waals surface area contributed by atoms with Gasteiger partial charge in [0.05, 0.1) is 17.0 Å². The fraction of sp³-hybridized carbons (Fsp3) is 0.519. The molecule has 0 fully saturated rings. The van der Waals surface area contributed by atoms with Crippen LogP contribution in [0.1, 0.15) is 73.1 Å². The molecule has 0 aliphatic carbocycles. The number of nitrogens with zero attached hydrogens (tertiary/aromatic N) is 2. The largest absolute Gasteiger partial charge is 0.485 e. The number of non-ortho nitro benzene ring substituents is 1. The molecule has 7 heteroatoms. The second-order valence-electron chi connectivity index (χ2n) is 8.76. The first kappa shape index (κ1) is 27.2. The molecule has 0 N–H and O–H groups in total. The van der Waals surface area contributed by atoms with Gasteiger partial charge < -0.3 is 14.0 Å². The first-order valence-electron chi connectivity index (χ1n) is 12.2. The van der Waals surface area contributed by atoms with Crippen molar-refractivity contribution in [2.75, 3.05) is 13.2 Å². The smallest absolute Gasteiger partial charge is 0.297 e. The number of pyridine rings is 1. The van der Waals surface area contributed by atoms with Crippen LogP contribution < -0.4 is 15.0 Å². The van der Waals surface area contributed by atoms with E-state index in [4.69, 9.17) is 9.47 Å². The molecule has 2 rings (SSSR count). The predicted octanol–water partition coefficient (Wildman–Crippen LogP) is 6.96. The molecular weight excluding hydrogens is 432 g/mol. The number of aromatic nitrogens is 1. The van der Waals surface area contributed by atoms with Crippen molar-refractivity contribution < 1.29 is 14.4 Å². The van der Waals surface area contributed by atoms with Crippen molar-refractivity contribution >= 4 is 16.6 Å². The van der Waals surface area contributed by atoms with Crippen LogP contribution >= 0.6 is 0 Å². The highest BCUT2D eigenvalue weighted by Gasteiger charge is 2.21. The number of ether oxygens (including phenoxy) is 2. The van der Waals surface area contributed by atoms with Crippen molar-refractivity contribution in [2.45, 2.75) is 79.7 Å². The number of hydrogen-bond donors (Lipinski definition) is 0. The van der Waals surface area contributed by atoms with Gasteiger partial charge in [0.15, 0.2) is 5.75 Å². The number of benzene rings is 1. The molecule has 1 heterocycles. The van der Waals surface area contributed by atoms with Gasteiger partial charge in [-0.2, -0.15) is 0 Å². The van der Waals surface area contributed by atoms with Crippen LogP contribution in [0.15, 0.2) is 46.3 Å². The number of fused-ring (bicyclic) bond motifs is 1. The summed E-state index contributed by atoms with van der Waals surface area (Å²) < 4.78 is 13.6. The summed E-state index contributed by atoms with van der Waals surface area (Å²) in [5, 5.41) is 12.0. The van der Waals surface area contributed by atoms with Gasteiger partial charge in [0.1, 0.15) is 6.61 Å². The van der Waals surface area contributed by atoms with E-state index >= 15 is 0 Å². The topological polar surface area (TPSA) is 83.6 Å². The summed E-state index contributed by atoms with van der Waals surface area (Å²) in [5.74, 6) is 0.527. The Balaban J connectivity index is 2.42. The van der Waals surface area contributed by atoms with E-state index in [0.29, 0.717) is 29.8 Å². The lowest BCUT2D eigenvalue weighted by molar-refractivity contribution is -0.384. The molecule has 0 aliphatic heterocycles. The van der Waals surface area contributed by atoms with Crippen LogP contribution in [0.25, 0.3) is 10.9 Å². The minimum atomic E-state index is -0.457. The highest BCUT2D eigenvalue weighted by atomic mass is 16.6. The number of nitro benzene ring substituents is 1. The summed E-state index contributed by atoms with van der Waals surface area (Å²) >= 11 is 0. The summed E-state index contributed by atoms with van der Waals surface area (Å²) in [6.45, 7) is 11.3. The molecule has 0 atom stereocenters. The monoisotopic (exact) mass is 470 g/mol. The number of nitro groups is 1. The Kier molecular flexibility index (Phi) is 10.8. The van der Waals surface area contributed by atoms with Crippen LogP contribution in [-0.2, 0) is 6.54 Å². The molecule has 0 spiro atoms. The number of aryl methyl sites for hydroxylation is 1. The van der Waals surface area contributed by atoms with Gasteiger partial charge in [-0.15, -0.1) is 0 Å². The molecule has 0 radical (unpaired) electrons. The molecule has 2 aromatic rings. The third kappa shape index (κ3) is 7.47. The minimum Gasteiger partial charge on any atom is -0.485 e. The van der Waals surface area contributed by atoms with Gasteiger partial charge in [0, 0.05) is 24.1 Å². The van der Waals surface area contributed by atoms with E-state index in [2.05, 4.69) is 33.8 Å². The summed E-state index contributed by atoms with van der Waals surface area (Å²) in [6.07, 6.45) is 10.2. The average Bonchev–Trinajstić information content (AvgIpc) is 2.79. The molecule has 0 saturated carbocycles. The van der Waals surface area contributed by atoms with Crippen molar-refractivity contribution in [3.8, 4) is 11.5 Å². The Morgan fingerprint density at radius 2 is 1.82 bits per heavy atom. The lowest BCUT2D eigenvalue weighted by atomic mass is 10.1. The van der Waals surface area contributed by atoms with Gasteiger partial charge in [0.2, 0.25) is 5.75 Å². The summed E-state index contributed by atoms with van der Waals surface area (Å²) in [6, 6.07) is 4.51. The number of allylic oxidation sites excluding steroid dienone is 3. The van der Waals surface area contributed by atoms with E-state index in [1.54, 1.807) is 6.07 Å². The fourth-order valence-corrected chi connectivity index (χ4v) is 3.75. The highest BCUT2D eigenvalue weighted by molar-refractivity contribution is 5.89. The molecule has 34 heavy (non-hydrogen) atoms. The summed E-state index contributed by atoms with van der Waals surface area (Å²) in [4.78, 5) is 24.2. The first-order valence-corrected chi connectivity index (χ1v) is 12.2. The SMILES string of the molecule is CCCCCCOc1c(OCC=C(C)CCC=C(C)C)c2ccc([N+](=O)[O-])cc2n(CC)c1=O. The van der Waals surface area contributed by atoms with Crippen LogP contribution in [0.2, 0.25) is 0 Å². The maximum atomic E-state index is 13.3. The second-order valence-corrected chi connectivity index (χ2v) is 8.76. The van der Waals surface area contributed by atoms with Crippen LogP contribution in [0, 0.1) is 10.1 Å². The van der Waals surface area contributed by atoms with Crippen LogP contribution in [0.3, 0.4) is 0 Å². The van der Waals surface area contributed by atoms with Gasteiger partial charge in [-0.05, 0) is 59.1 Å². The van der Waals surface area contributed by atoms with Gasteiger partial charge in [-0.1, -0.05) is 43.4 Å². The Bertz CT molecular complexity index is 1090. The third-order valence-electron chi connectivity index (χ3n) is 5.68. The quantitative estimate of drug-likeness (QED) is 0.129. The van der Waals surface area contributed by atoms with E-state index in [0.717, 1.165) is 38.5 Å². The summed E-state index contributed by atoms with van der Waals surface area (Å²) in [5.41, 5.74) is 2.57. The zero-order valence-electron chi connectivity index (χ0n) is 21.2. The standard InChI is InChI=1S/C27H38N2O5/c1-6-8-9-10-17-33-26-25(34-18-16-21(5)13-11-12-20(3)4)23-15-14-22(29(31)32)19-24(23)28(7-2)27(26)30/h12,14-16,19H,6-11,13,17-18H2,1-5H3. The third-order valence-corrected chi connectivity index (χ3v) is 5.68. The number of unbranched alkanes of at least 4 members (excludes halogenated alkanes) is 3. The average molecular weight is 471 g/mol. The lowest BCUT2D eigenvalue weighted by Crippen LogP contribution is -2.23. The molecule has 0 bridgehead atoms. The zero-order chi connectivity index (χ0) is 25.1. The Morgan fingerprint density at radius 3 is 2.47 bits per heavy atom. The van der Waals surface area contributed by atoms with E-state index in [1.165, 1.54) is 27.8 Å². The van der Waals surface area contributed by atoms with Gasteiger partial charge in [-0.25, -0.2) is 0 Å². The van der Waals surface area contributed by atoms with E-state index in [1.807, 2.05) is 13.0 Å². The van der Waals surface area contributed by atoms with Gasteiger partial charge in [0.25, 0.3) is 11.2 Å². The maximum Gasteiger partial charge on any atom is 0.297 e. The van der Waals surface area contributed by atoms with Crippen molar-refractivity contribution in [1.82, 2.24) is 4.57 Å². The van der Waals surface area contributed by atoms with Gasteiger partial charge >= 0.3 is 0 Å². The van der Waals surface area contributed by atoms with Crippen LogP contribution in [-0.4, -0.2) is 22.7 Å². The number of rotatable bonds is 14. The number of hydrogen-bond acceptors (Lipinski definition) is 5. The van der Waals surface area contributed by atoms with Crippen LogP contribution in [0.5, 0.6) is 11.5 Å². The lowest BCUT2D eigenvalue weighted by Gasteiger charge is -2.17. The molecule has 1 aromatic heterocycles. The van der Waals surface area contributed by atoms with E-state index < -0.39 is 4.92 Å². The van der Waals surface area contributed by atoms with E-state index in [9.17, 15) is 14.9 Å². The van der Waals surface area contributed by atoms with Crippen molar-refractivity contribution in [3.63, 3.8) is 0 Å². The molecule has 0 saturated heterocycles. The summed E-state index contributed by atoms with van der Waals surface area (Å²) in [7, 11) is 0. The molecule has 1 aromatic carbocycles. The van der Waals surface area contributed by atoms with Crippen molar-refractivity contribution in [1.29, 1.82) is 0 Å². The molecule has 186 valence electrons. The Hall–Kier alpha value is -3.09.